The minimum Gasteiger partial charge on any atom is -0.432 e. The van der Waals surface area contributed by atoms with Crippen molar-refractivity contribution in [2.24, 2.45) is 0 Å². The number of carbonyl (C=O) groups is 1. The maximum atomic E-state index is 12.9. The van der Waals surface area contributed by atoms with Crippen LogP contribution in [0.2, 0.25) is 0 Å². The number of nitrogens with zero attached hydrogens (tertiary/aromatic N) is 3. The second kappa shape index (κ2) is 8.58. The fraction of sp³-hybridized carbons (Fsp3) is 0.389. The lowest BCUT2D eigenvalue weighted by Gasteiger charge is -2.21. The molecular formula is C18H16F3IN4O3. The van der Waals surface area contributed by atoms with Crippen molar-refractivity contribution in [1.82, 2.24) is 15.2 Å². The molecule has 1 aliphatic rings. The topological polar surface area (TPSA) is 91.4 Å². The summed E-state index contributed by atoms with van der Waals surface area (Å²) in [5.74, 6) is -0.819. The Morgan fingerprint density at radius 1 is 1.52 bits per heavy atom. The summed E-state index contributed by atoms with van der Waals surface area (Å²) in [6.07, 6.45) is -0.682. The van der Waals surface area contributed by atoms with Crippen LogP contribution in [0.4, 0.5) is 13.2 Å². The highest BCUT2D eigenvalue weighted by Gasteiger charge is 2.40. The van der Waals surface area contributed by atoms with Gasteiger partial charge in [0.2, 0.25) is 0 Å². The highest BCUT2D eigenvalue weighted by molar-refractivity contribution is 14.1. The Morgan fingerprint density at radius 2 is 2.28 bits per heavy atom. The summed E-state index contributed by atoms with van der Waals surface area (Å²) in [6, 6.07) is 4.07. The SMILES string of the molecule is COC[C@@H]1C[C@@H](NC(=O)c2ncc(-c3cccc(C(F)(F)F)c3)o2)C(I)N1C#N. The minimum absolute atomic E-state index is 0.0506. The van der Waals surface area contributed by atoms with E-state index >= 15 is 0 Å². The Bertz CT molecular complexity index is 928. The minimum atomic E-state index is -4.49. The summed E-state index contributed by atoms with van der Waals surface area (Å²) in [6.45, 7) is 0.345. The number of nitriles is 1. The van der Waals surface area contributed by atoms with Crippen LogP contribution < -0.4 is 5.32 Å². The molecule has 1 N–H and O–H groups in total. The van der Waals surface area contributed by atoms with Gasteiger partial charge in [0, 0.05) is 12.7 Å². The molecule has 2 aromatic rings. The second-order valence-corrected chi connectivity index (χ2v) is 7.69. The number of carbonyl (C=O) groups excluding carboxylic acids is 1. The van der Waals surface area contributed by atoms with E-state index in [1.807, 2.05) is 0 Å². The number of benzene rings is 1. The summed E-state index contributed by atoms with van der Waals surface area (Å²) in [4.78, 5) is 17.9. The molecule has 1 aromatic heterocycles. The molecule has 0 saturated carbocycles. The molecule has 3 rings (SSSR count). The van der Waals surface area contributed by atoms with E-state index in [1.54, 1.807) is 4.90 Å². The van der Waals surface area contributed by atoms with Crippen LogP contribution in [0.25, 0.3) is 11.3 Å². The number of amides is 1. The zero-order valence-corrected chi connectivity index (χ0v) is 17.3. The average molecular weight is 520 g/mol. The van der Waals surface area contributed by atoms with E-state index in [9.17, 15) is 23.2 Å². The summed E-state index contributed by atoms with van der Waals surface area (Å²) in [5, 5.41) is 12.1. The molecule has 11 heteroatoms. The number of methoxy groups -OCH3 is 1. The molecule has 0 bridgehead atoms. The fourth-order valence-electron chi connectivity index (χ4n) is 3.11. The highest BCUT2D eigenvalue weighted by atomic mass is 127. The van der Waals surface area contributed by atoms with E-state index in [2.05, 4.69) is 39.1 Å². The van der Waals surface area contributed by atoms with Gasteiger partial charge >= 0.3 is 12.1 Å². The molecule has 0 aliphatic carbocycles. The van der Waals surface area contributed by atoms with Crippen molar-refractivity contribution in [3.05, 3.63) is 41.9 Å². The third-order valence-electron chi connectivity index (χ3n) is 4.48. The van der Waals surface area contributed by atoms with Crippen molar-refractivity contribution in [2.45, 2.75) is 28.7 Å². The number of ether oxygens (including phenoxy) is 1. The van der Waals surface area contributed by atoms with Crippen LogP contribution in [0, 0.1) is 11.5 Å². The monoisotopic (exact) mass is 520 g/mol. The molecule has 0 radical (unpaired) electrons. The van der Waals surface area contributed by atoms with Crippen LogP contribution in [0.1, 0.15) is 22.7 Å². The molecule has 1 aromatic carbocycles. The van der Waals surface area contributed by atoms with Gasteiger partial charge in [-0.05, 0) is 18.6 Å². The zero-order chi connectivity index (χ0) is 21.2. The second-order valence-electron chi connectivity index (χ2n) is 6.41. The first-order valence-corrected chi connectivity index (χ1v) is 9.74. The summed E-state index contributed by atoms with van der Waals surface area (Å²) in [7, 11) is 1.53. The van der Waals surface area contributed by atoms with E-state index in [0.29, 0.717) is 13.0 Å². The number of hydrogen-bond acceptors (Lipinski definition) is 6. The standard InChI is InChI=1S/C18H16F3IN4O3/c1-28-8-12-6-13(15(22)26(12)9-23)25-16(27)17-24-7-14(29-17)10-3-2-4-11(5-10)18(19,20)21/h2-5,7,12-13,15H,6,8H2,1H3,(H,25,27)/t12-,13+,15?/m0/s1. The number of likely N-dealkylation sites (tertiary alicyclic amines) is 1. The van der Waals surface area contributed by atoms with Crippen LogP contribution in [-0.2, 0) is 10.9 Å². The highest BCUT2D eigenvalue weighted by Crippen LogP contribution is 2.32. The lowest BCUT2D eigenvalue weighted by molar-refractivity contribution is -0.137. The Labute approximate surface area is 178 Å². The summed E-state index contributed by atoms with van der Waals surface area (Å²) < 4.78 is 48.9. The quantitative estimate of drug-likeness (QED) is 0.281. The molecule has 7 nitrogen and oxygen atoms in total. The maximum absolute atomic E-state index is 12.9. The predicted octanol–water partition coefficient (Wildman–Crippen LogP) is 3.42. The number of nitrogens with one attached hydrogen (secondary N) is 1. The molecule has 1 fully saturated rings. The van der Waals surface area contributed by atoms with Gasteiger partial charge in [-0.2, -0.15) is 18.4 Å². The van der Waals surface area contributed by atoms with Crippen LogP contribution in [0.3, 0.4) is 0 Å². The lowest BCUT2D eigenvalue weighted by atomic mass is 10.1. The normalized spacial score (nSPS) is 21.8. The van der Waals surface area contributed by atoms with Crippen molar-refractivity contribution in [1.29, 1.82) is 5.26 Å². The van der Waals surface area contributed by atoms with Crippen molar-refractivity contribution in [2.75, 3.05) is 13.7 Å². The van der Waals surface area contributed by atoms with Crippen LogP contribution in [-0.4, -0.2) is 45.6 Å². The summed E-state index contributed by atoms with van der Waals surface area (Å²) >= 11 is 2.06. The van der Waals surface area contributed by atoms with E-state index in [4.69, 9.17) is 9.15 Å². The molecule has 29 heavy (non-hydrogen) atoms. The van der Waals surface area contributed by atoms with Gasteiger partial charge in [0.15, 0.2) is 12.0 Å². The molecule has 1 amide bonds. The Kier molecular flexibility index (Phi) is 6.33. The third-order valence-corrected chi connectivity index (χ3v) is 5.95. The molecule has 3 atom stereocenters. The summed E-state index contributed by atoms with van der Waals surface area (Å²) in [5.41, 5.74) is -0.660. The number of rotatable bonds is 5. The number of aromatic nitrogens is 1. The maximum Gasteiger partial charge on any atom is 0.416 e. The van der Waals surface area contributed by atoms with Gasteiger partial charge in [0.1, 0.15) is 4.05 Å². The number of oxazole rings is 1. The van der Waals surface area contributed by atoms with Gasteiger partial charge in [0.05, 0.1) is 30.5 Å². The van der Waals surface area contributed by atoms with E-state index in [0.717, 1.165) is 12.1 Å². The van der Waals surface area contributed by atoms with Crippen molar-refractivity contribution in [3.63, 3.8) is 0 Å². The van der Waals surface area contributed by atoms with Crippen LogP contribution in [0.5, 0.6) is 0 Å². The third kappa shape index (κ3) is 4.64. The van der Waals surface area contributed by atoms with E-state index in [-0.39, 0.29) is 33.3 Å². The van der Waals surface area contributed by atoms with Crippen LogP contribution >= 0.6 is 22.6 Å². The first kappa shape index (κ1) is 21.4. The smallest absolute Gasteiger partial charge is 0.416 e. The predicted molar refractivity (Wildman–Crippen MR) is 104 cm³/mol. The Hall–Kier alpha value is -2.33. The van der Waals surface area contributed by atoms with Crippen molar-refractivity contribution in [3.8, 4) is 17.5 Å². The molecule has 154 valence electrons. The van der Waals surface area contributed by atoms with Crippen molar-refractivity contribution >= 4 is 28.5 Å². The van der Waals surface area contributed by atoms with E-state index in [1.165, 1.54) is 25.4 Å². The van der Waals surface area contributed by atoms with Gasteiger partial charge in [0.25, 0.3) is 5.89 Å². The number of halogens is 4. The largest absolute Gasteiger partial charge is 0.432 e. The molecule has 0 spiro atoms. The van der Waals surface area contributed by atoms with Gasteiger partial charge in [-0.15, -0.1) is 0 Å². The van der Waals surface area contributed by atoms with Gasteiger partial charge in [-0.25, -0.2) is 4.98 Å². The van der Waals surface area contributed by atoms with E-state index < -0.39 is 17.6 Å². The Balaban J connectivity index is 1.73. The van der Waals surface area contributed by atoms with Gasteiger partial charge in [-0.1, -0.05) is 34.7 Å². The first-order chi connectivity index (χ1) is 13.7. The molecule has 1 saturated heterocycles. The first-order valence-electron chi connectivity index (χ1n) is 8.50. The molecular weight excluding hydrogens is 504 g/mol. The number of alkyl halides is 4. The number of hydrogen-bond donors (Lipinski definition) is 1. The van der Waals surface area contributed by atoms with Crippen molar-refractivity contribution < 1.29 is 27.1 Å². The van der Waals surface area contributed by atoms with Crippen LogP contribution in [0.15, 0.2) is 34.9 Å². The molecule has 2 heterocycles. The average Bonchev–Trinajstić information content (AvgIpc) is 3.27. The van der Waals surface area contributed by atoms with Gasteiger partial charge in [-0.3, -0.25) is 9.69 Å². The molecule has 1 unspecified atom stereocenters. The Morgan fingerprint density at radius 3 is 2.93 bits per heavy atom. The lowest BCUT2D eigenvalue weighted by Crippen LogP contribution is -2.41. The molecule has 1 aliphatic heterocycles. The zero-order valence-electron chi connectivity index (χ0n) is 15.1. The fourth-order valence-corrected chi connectivity index (χ4v) is 4.16. The van der Waals surface area contributed by atoms with Gasteiger partial charge < -0.3 is 14.5 Å².